The van der Waals surface area contributed by atoms with E-state index in [9.17, 15) is 0 Å². The second kappa shape index (κ2) is 10.6. The Labute approximate surface area is 191 Å². The van der Waals surface area contributed by atoms with Crippen LogP contribution >= 0.6 is 0 Å². The molecule has 174 valence electrons. The highest BCUT2D eigenvalue weighted by molar-refractivity contribution is 5.80. The van der Waals surface area contributed by atoms with Gasteiger partial charge in [-0.1, -0.05) is 12.1 Å². The molecule has 1 saturated heterocycles. The minimum atomic E-state index is 0.281. The molecule has 32 heavy (non-hydrogen) atoms. The molecule has 4 rings (SSSR count). The summed E-state index contributed by atoms with van der Waals surface area (Å²) in [5.41, 5.74) is 2.26. The van der Waals surface area contributed by atoms with Gasteiger partial charge in [-0.2, -0.15) is 5.10 Å². The maximum absolute atomic E-state index is 6.37. The largest absolute Gasteiger partial charge is 0.493 e. The SMILES string of the molecule is CN=C(NCc1cccc(OC)c1OC1CCCC1)NC1CCCN(c2cnn(C)c2)C1. The number of nitrogens with one attached hydrogen (secondary N) is 2. The Bertz CT molecular complexity index is 906. The molecule has 2 aromatic rings. The van der Waals surface area contributed by atoms with E-state index in [0.717, 1.165) is 61.8 Å². The summed E-state index contributed by atoms with van der Waals surface area (Å²) in [5, 5.41) is 11.4. The number of hydrogen-bond acceptors (Lipinski definition) is 5. The molecule has 1 unspecified atom stereocenters. The van der Waals surface area contributed by atoms with Crippen molar-refractivity contribution < 1.29 is 9.47 Å². The van der Waals surface area contributed by atoms with Crippen molar-refractivity contribution in [2.75, 3.05) is 32.1 Å². The molecule has 2 fully saturated rings. The number of nitrogens with zero attached hydrogens (tertiary/aromatic N) is 4. The minimum absolute atomic E-state index is 0.281. The highest BCUT2D eigenvalue weighted by Gasteiger charge is 2.23. The van der Waals surface area contributed by atoms with Gasteiger partial charge in [-0.25, -0.2) is 0 Å². The molecular formula is C24H36N6O2. The Morgan fingerprint density at radius 1 is 1.22 bits per heavy atom. The van der Waals surface area contributed by atoms with Crippen molar-refractivity contribution in [1.82, 2.24) is 20.4 Å². The summed E-state index contributed by atoms with van der Waals surface area (Å²) in [6.07, 6.45) is 11.2. The van der Waals surface area contributed by atoms with Gasteiger partial charge in [0.15, 0.2) is 17.5 Å². The highest BCUT2D eigenvalue weighted by Crippen LogP contribution is 2.34. The number of para-hydroxylation sites is 1. The lowest BCUT2D eigenvalue weighted by Gasteiger charge is -2.34. The monoisotopic (exact) mass is 440 g/mol. The molecule has 2 aliphatic rings. The molecule has 2 heterocycles. The summed E-state index contributed by atoms with van der Waals surface area (Å²) in [4.78, 5) is 6.85. The lowest BCUT2D eigenvalue weighted by atomic mass is 10.1. The number of piperidine rings is 1. The van der Waals surface area contributed by atoms with Gasteiger partial charge in [0.25, 0.3) is 0 Å². The van der Waals surface area contributed by atoms with Crippen LogP contribution in [0.2, 0.25) is 0 Å². The molecule has 1 aromatic heterocycles. The number of ether oxygens (including phenoxy) is 2. The van der Waals surface area contributed by atoms with Crippen LogP contribution in [0, 0.1) is 0 Å². The van der Waals surface area contributed by atoms with E-state index in [0.29, 0.717) is 12.6 Å². The van der Waals surface area contributed by atoms with E-state index in [1.165, 1.54) is 18.5 Å². The molecule has 8 nitrogen and oxygen atoms in total. The van der Waals surface area contributed by atoms with Crippen LogP contribution in [0.4, 0.5) is 5.69 Å². The fraction of sp³-hybridized carbons (Fsp3) is 0.583. The lowest BCUT2D eigenvalue weighted by Crippen LogP contribution is -2.51. The molecule has 8 heteroatoms. The molecule has 1 atom stereocenters. The number of methoxy groups -OCH3 is 1. The second-order valence-corrected chi connectivity index (χ2v) is 8.70. The first-order valence-corrected chi connectivity index (χ1v) is 11.7. The molecule has 0 bridgehead atoms. The Morgan fingerprint density at radius 3 is 2.78 bits per heavy atom. The van der Waals surface area contributed by atoms with Gasteiger partial charge >= 0.3 is 0 Å². The highest BCUT2D eigenvalue weighted by atomic mass is 16.5. The number of guanidine groups is 1. The van der Waals surface area contributed by atoms with Gasteiger partial charge in [-0.05, 0) is 44.6 Å². The minimum Gasteiger partial charge on any atom is -0.493 e. The van der Waals surface area contributed by atoms with Crippen LogP contribution in [0.1, 0.15) is 44.1 Å². The molecule has 1 saturated carbocycles. The Balaban J connectivity index is 1.37. The van der Waals surface area contributed by atoms with E-state index in [1.54, 1.807) is 7.11 Å². The lowest BCUT2D eigenvalue weighted by molar-refractivity contribution is 0.198. The van der Waals surface area contributed by atoms with Crippen molar-refractivity contribution in [3.05, 3.63) is 36.2 Å². The zero-order valence-corrected chi connectivity index (χ0v) is 19.5. The maximum atomic E-state index is 6.37. The summed E-state index contributed by atoms with van der Waals surface area (Å²) in [7, 11) is 5.47. The van der Waals surface area contributed by atoms with Crippen LogP contribution in [0.15, 0.2) is 35.6 Å². The Kier molecular flexibility index (Phi) is 7.39. The first-order chi connectivity index (χ1) is 15.7. The number of rotatable bonds is 7. The molecule has 1 aliphatic heterocycles. The van der Waals surface area contributed by atoms with Gasteiger partial charge in [0.2, 0.25) is 0 Å². The normalized spacial score (nSPS) is 19.8. The van der Waals surface area contributed by atoms with Crippen LogP contribution in [0.5, 0.6) is 11.5 Å². The van der Waals surface area contributed by atoms with Crippen molar-refractivity contribution in [1.29, 1.82) is 0 Å². The number of benzene rings is 1. The summed E-state index contributed by atoms with van der Waals surface area (Å²) >= 11 is 0. The molecule has 1 aliphatic carbocycles. The average Bonchev–Trinajstić information content (AvgIpc) is 3.49. The summed E-state index contributed by atoms with van der Waals surface area (Å²) < 4.78 is 13.8. The maximum Gasteiger partial charge on any atom is 0.191 e. The molecule has 1 aromatic carbocycles. The standard InChI is InChI=1S/C24H36N6O2/c1-25-24(28-19-9-7-13-30(16-19)20-15-27-29(2)17-20)26-14-18-8-6-12-22(31-3)23(18)32-21-10-4-5-11-21/h6,8,12,15,17,19,21H,4-5,7,9-11,13-14,16H2,1-3H3,(H2,25,26,28). The summed E-state index contributed by atoms with van der Waals surface area (Å²) in [6.45, 7) is 2.61. The van der Waals surface area contributed by atoms with Crippen molar-refractivity contribution in [2.45, 2.75) is 57.2 Å². The number of hydrogen-bond donors (Lipinski definition) is 2. The zero-order chi connectivity index (χ0) is 22.3. The van der Waals surface area contributed by atoms with Crippen molar-refractivity contribution in [3.63, 3.8) is 0 Å². The third kappa shape index (κ3) is 5.47. The van der Waals surface area contributed by atoms with Crippen LogP contribution in [0.3, 0.4) is 0 Å². The van der Waals surface area contributed by atoms with E-state index in [-0.39, 0.29) is 6.10 Å². The molecular weight excluding hydrogens is 404 g/mol. The zero-order valence-electron chi connectivity index (χ0n) is 19.5. The summed E-state index contributed by atoms with van der Waals surface area (Å²) in [6, 6.07) is 6.41. The second-order valence-electron chi connectivity index (χ2n) is 8.70. The van der Waals surface area contributed by atoms with Crippen LogP contribution in [-0.2, 0) is 13.6 Å². The number of aryl methyl sites for hydroxylation is 1. The fourth-order valence-corrected chi connectivity index (χ4v) is 4.64. The number of anilines is 1. The quantitative estimate of drug-likeness (QED) is 0.509. The van der Waals surface area contributed by atoms with Crippen LogP contribution < -0.4 is 25.0 Å². The first-order valence-electron chi connectivity index (χ1n) is 11.7. The average molecular weight is 441 g/mol. The van der Waals surface area contributed by atoms with E-state index in [2.05, 4.69) is 37.9 Å². The Morgan fingerprint density at radius 2 is 2.06 bits per heavy atom. The van der Waals surface area contributed by atoms with Gasteiger partial charge in [0, 0.05) is 51.5 Å². The first kappa shape index (κ1) is 22.3. The molecule has 0 spiro atoms. The van der Waals surface area contributed by atoms with Crippen molar-refractivity contribution in [2.24, 2.45) is 12.0 Å². The Hall–Kier alpha value is -2.90. The van der Waals surface area contributed by atoms with E-state index >= 15 is 0 Å². The number of aliphatic imine (C=N–C) groups is 1. The van der Waals surface area contributed by atoms with Crippen molar-refractivity contribution >= 4 is 11.6 Å². The van der Waals surface area contributed by atoms with E-state index in [4.69, 9.17) is 9.47 Å². The molecule has 2 N–H and O–H groups in total. The van der Waals surface area contributed by atoms with E-state index < -0.39 is 0 Å². The molecule has 0 radical (unpaired) electrons. The third-order valence-electron chi connectivity index (χ3n) is 6.36. The smallest absolute Gasteiger partial charge is 0.191 e. The van der Waals surface area contributed by atoms with Gasteiger partial charge in [0.1, 0.15) is 0 Å². The predicted octanol–water partition coefficient (Wildman–Crippen LogP) is 3.08. The van der Waals surface area contributed by atoms with Gasteiger partial charge < -0.3 is 25.0 Å². The molecule has 0 amide bonds. The number of aromatic nitrogens is 2. The van der Waals surface area contributed by atoms with Gasteiger partial charge in [-0.15, -0.1) is 0 Å². The van der Waals surface area contributed by atoms with Gasteiger partial charge in [0.05, 0.1) is 25.1 Å². The predicted molar refractivity (Wildman–Crippen MR) is 128 cm³/mol. The van der Waals surface area contributed by atoms with Crippen LogP contribution in [0.25, 0.3) is 0 Å². The topological polar surface area (TPSA) is 75.9 Å². The van der Waals surface area contributed by atoms with Gasteiger partial charge in [-0.3, -0.25) is 9.67 Å². The van der Waals surface area contributed by atoms with E-state index in [1.807, 2.05) is 37.1 Å². The summed E-state index contributed by atoms with van der Waals surface area (Å²) in [5.74, 6) is 2.45. The van der Waals surface area contributed by atoms with Crippen molar-refractivity contribution in [3.8, 4) is 11.5 Å². The van der Waals surface area contributed by atoms with Crippen LogP contribution in [-0.4, -0.2) is 55.1 Å². The fourth-order valence-electron chi connectivity index (χ4n) is 4.64. The third-order valence-corrected chi connectivity index (χ3v) is 6.36.